The second-order valence-corrected chi connectivity index (χ2v) is 9.55. The Hall–Kier alpha value is -3.27. The number of imidazole rings is 2. The van der Waals surface area contributed by atoms with Gasteiger partial charge in [-0.05, 0) is 38.1 Å². The molecule has 0 fully saturated rings. The Labute approximate surface area is 171 Å². The van der Waals surface area contributed by atoms with E-state index in [0.29, 0.717) is 28.0 Å². The molecule has 10 heteroatoms. The topological polar surface area (TPSA) is 95.8 Å². The van der Waals surface area contributed by atoms with E-state index in [1.165, 1.54) is 12.4 Å². The fourth-order valence-electron chi connectivity index (χ4n) is 3.35. The zero-order chi connectivity index (χ0) is 21.8. The van der Waals surface area contributed by atoms with E-state index in [9.17, 15) is 17.2 Å². The number of nitrogens with two attached hydrogens (primary N) is 1. The summed E-state index contributed by atoms with van der Waals surface area (Å²) in [5.41, 5.74) is 8.19. The van der Waals surface area contributed by atoms with Crippen LogP contribution in [0.3, 0.4) is 0 Å². The zero-order valence-electron chi connectivity index (χ0n) is 16.5. The third kappa shape index (κ3) is 3.04. The molecule has 0 aliphatic carbocycles. The van der Waals surface area contributed by atoms with Crippen molar-refractivity contribution in [2.24, 2.45) is 7.05 Å². The summed E-state index contributed by atoms with van der Waals surface area (Å²) in [5.74, 6) is -1.56. The highest BCUT2D eigenvalue weighted by Crippen LogP contribution is 2.34. The first-order valence-corrected chi connectivity index (χ1v) is 10.6. The summed E-state index contributed by atoms with van der Waals surface area (Å²) in [4.78, 5) is 8.42. The molecule has 0 unspecified atom stereocenters. The number of nitrogens with zero attached hydrogens (tertiary/aromatic N) is 4. The van der Waals surface area contributed by atoms with Gasteiger partial charge in [0.05, 0.1) is 34.0 Å². The lowest BCUT2D eigenvalue weighted by Gasteiger charge is -2.12. The van der Waals surface area contributed by atoms with Gasteiger partial charge < -0.3 is 10.3 Å². The number of halogens is 2. The predicted octanol–water partition coefficient (Wildman–Crippen LogP) is 3.55. The van der Waals surface area contributed by atoms with Crippen molar-refractivity contribution < 1.29 is 17.2 Å². The Morgan fingerprint density at radius 3 is 2.50 bits per heavy atom. The molecule has 2 aromatic carbocycles. The monoisotopic (exact) mass is 431 g/mol. The van der Waals surface area contributed by atoms with E-state index in [-0.39, 0.29) is 11.5 Å². The van der Waals surface area contributed by atoms with Crippen molar-refractivity contribution in [2.75, 3.05) is 5.73 Å². The molecule has 4 rings (SSSR count). The summed E-state index contributed by atoms with van der Waals surface area (Å²) < 4.78 is 56.0. The number of hydrogen-bond donors (Lipinski definition) is 1. The molecule has 7 nitrogen and oxygen atoms in total. The molecular formula is C20H19F2N5O2S. The standard InChI is InChI=1S/C20H19F2N5O2S/c1-11(2)30(28,29)27-17-8-12(4-7-16(17)25-20(27)23)19-18(24-10-26(19)3)14-6-5-13(21)9-15(14)22/h4-11H,1-3H3,(H2,23,25). The third-order valence-corrected chi connectivity index (χ3v) is 6.97. The van der Waals surface area contributed by atoms with E-state index < -0.39 is 26.9 Å². The highest BCUT2D eigenvalue weighted by molar-refractivity contribution is 7.90. The first-order chi connectivity index (χ1) is 14.1. The molecule has 30 heavy (non-hydrogen) atoms. The van der Waals surface area contributed by atoms with Crippen molar-refractivity contribution in [2.45, 2.75) is 19.1 Å². The van der Waals surface area contributed by atoms with Gasteiger partial charge in [-0.3, -0.25) is 0 Å². The van der Waals surface area contributed by atoms with Crippen molar-refractivity contribution in [3.8, 4) is 22.5 Å². The van der Waals surface area contributed by atoms with E-state index in [1.807, 2.05) is 0 Å². The zero-order valence-corrected chi connectivity index (χ0v) is 17.3. The number of rotatable bonds is 4. The normalized spacial score (nSPS) is 12.2. The Balaban J connectivity index is 1.97. The van der Waals surface area contributed by atoms with Crippen LogP contribution in [0.4, 0.5) is 14.7 Å². The van der Waals surface area contributed by atoms with Crippen LogP contribution in [0.5, 0.6) is 0 Å². The molecule has 2 N–H and O–H groups in total. The van der Waals surface area contributed by atoms with Crippen molar-refractivity contribution in [1.82, 2.24) is 18.5 Å². The fraction of sp³-hybridized carbons (Fsp3) is 0.200. The van der Waals surface area contributed by atoms with Crippen LogP contribution >= 0.6 is 0 Å². The van der Waals surface area contributed by atoms with Crippen LogP contribution in [0.15, 0.2) is 42.7 Å². The van der Waals surface area contributed by atoms with Gasteiger partial charge in [0.15, 0.2) is 0 Å². The molecule has 0 amide bonds. The molecular weight excluding hydrogens is 412 g/mol. The summed E-state index contributed by atoms with van der Waals surface area (Å²) in [6.45, 7) is 3.11. The number of benzene rings is 2. The number of anilines is 1. The minimum Gasteiger partial charge on any atom is -0.368 e. The van der Waals surface area contributed by atoms with Gasteiger partial charge in [0.1, 0.15) is 11.6 Å². The molecule has 2 aromatic heterocycles. The van der Waals surface area contributed by atoms with E-state index in [1.54, 1.807) is 43.7 Å². The van der Waals surface area contributed by atoms with Crippen molar-refractivity contribution in [1.29, 1.82) is 0 Å². The maximum absolute atomic E-state index is 14.4. The number of nitrogen functional groups attached to an aromatic ring is 1. The summed E-state index contributed by atoms with van der Waals surface area (Å²) in [6, 6.07) is 8.27. The molecule has 0 atom stereocenters. The molecule has 0 saturated heterocycles. The van der Waals surface area contributed by atoms with Gasteiger partial charge in [0, 0.05) is 24.2 Å². The average Bonchev–Trinajstić information content (AvgIpc) is 3.20. The van der Waals surface area contributed by atoms with Gasteiger partial charge in [-0.15, -0.1) is 0 Å². The minimum atomic E-state index is -3.76. The van der Waals surface area contributed by atoms with E-state index in [4.69, 9.17) is 5.73 Å². The Bertz CT molecular complexity index is 1390. The fourth-order valence-corrected chi connectivity index (χ4v) is 4.49. The second-order valence-electron chi connectivity index (χ2n) is 7.21. The van der Waals surface area contributed by atoms with Crippen molar-refractivity contribution >= 4 is 27.0 Å². The Morgan fingerprint density at radius 2 is 1.83 bits per heavy atom. The smallest absolute Gasteiger partial charge is 0.244 e. The van der Waals surface area contributed by atoms with Crippen LogP contribution in [0, 0.1) is 11.6 Å². The van der Waals surface area contributed by atoms with Gasteiger partial charge in [-0.2, -0.15) is 0 Å². The van der Waals surface area contributed by atoms with Crippen LogP contribution in [0.25, 0.3) is 33.5 Å². The van der Waals surface area contributed by atoms with Gasteiger partial charge in [0.25, 0.3) is 0 Å². The van der Waals surface area contributed by atoms with Crippen LogP contribution in [0.2, 0.25) is 0 Å². The minimum absolute atomic E-state index is 0.134. The maximum atomic E-state index is 14.4. The lowest BCUT2D eigenvalue weighted by molar-refractivity contribution is 0.580. The third-order valence-electron chi connectivity index (χ3n) is 4.88. The van der Waals surface area contributed by atoms with Crippen molar-refractivity contribution in [3.05, 3.63) is 54.4 Å². The molecule has 156 valence electrons. The van der Waals surface area contributed by atoms with E-state index >= 15 is 0 Å². The van der Waals surface area contributed by atoms with E-state index in [0.717, 1.165) is 16.1 Å². The largest absolute Gasteiger partial charge is 0.368 e. The number of aromatic nitrogens is 4. The van der Waals surface area contributed by atoms with Gasteiger partial charge in [-0.25, -0.2) is 31.1 Å². The van der Waals surface area contributed by atoms with Crippen LogP contribution in [-0.4, -0.2) is 32.2 Å². The highest BCUT2D eigenvalue weighted by Gasteiger charge is 2.25. The van der Waals surface area contributed by atoms with Crippen LogP contribution in [-0.2, 0) is 17.1 Å². The van der Waals surface area contributed by atoms with Crippen LogP contribution < -0.4 is 5.73 Å². The summed E-state index contributed by atoms with van der Waals surface area (Å²) in [7, 11) is -2.03. The van der Waals surface area contributed by atoms with E-state index in [2.05, 4.69) is 9.97 Å². The number of aryl methyl sites for hydroxylation is 1. The molecule has 0 aliphatic rings. The Kier molecular flexibility index (Phi) is 4.61. The number of hydrogen-bond acceptors (Lipinski definition) is 5. The quantitative estimate of drug-likeness (QED) is 0.533. The number of fused-ring (bicyclic) bond motifs is 1. The highest BCUT2D eigenvalue weighted by atomic mass is 32.2. The molecule has 2 heterocycles. The van der Waals surface area contributed by atoms with Gasteiger partial charge in [-0.1, -0.05) is 6.07 Å². The lowest BCUT2D eigenvalue weighted by Crippen LogP contribution is -2.23. The SMILES string of the molecule is CC(C)S(=O)(=O)n1c(N)nc2ccc(-c3c(-c4ccc(F)cc4F)ncn3C)cc21. The molecule has 4 aromatic rings. The molecule has 0 aliphatic heterocycles. The average molecular weight is 431 g/mol. The summed E-state index contributed by atoms with van der Waals surface area (Å²) in [5, 5.41) is -0.707. The van der Waals surface area contributed by atoms with Crippen LogP contribution in [0.1, 0.15) is 13.8 Å². The summed E-state index contributed by atoms with van der Waals surface area (Å²) in [6.07, 6.45) is 1.51. The summed E-state index contributed by atoms with van der Waals surface area (Å²) >= 11 is 0. The lowest BCUT2D eigenvalue weighted by atomic mass is 10.0. The molecule has 0 spiro atoms. The first kappa shape index (κ1) is 20.0. The Morgan fingerprint density at radius 1 is 1.10 bits per heavy atom. The van der Waals surface area contributed by atoms with Gasteiger partial charge >= 0.3 is 0 Å². The second kappa shape index (κ2) is 6.91. The molecule has 0 radical (unpaired) electrons. The maximum Gasteiger partial charge on any atom is 0.244 e. The molecule has 0 bridgehead atoms. The first-order valence-electron chi connectivity index (χ1n) is 9.10. The molecule has 0 saturated carbocycles. The van der Waals surface area contributed by atoms with Crippen molar-refractivity contribution in [3.63, 3.8) is 0 Å². The van der Waals surface area contributed by atoms with Gasteiger partial charge in [0.2, 0.25) is 16.0 Å². The predicted molar refractivity (Wildman–Crippen MR) is 111 cm³/mol.